The molecular formula is C17H25NO2. The highest BCUT2D eigenvalue weighted by Gasteiger charge is 2.13. The number of hydrogen-bond acceptors (Lipinski definition) is 2. The van der Waals surface area contributed by atoms with Gasteiger partial charge in [-0.1, -0.05) is 44.2 Å². The average molecular weight is 275 g/mol. The molecule has 20 heavy (non-hydrogen) atoms. The fraction of sp³-hybridized carbons (Fsp3) is 0.588. The molecule has 0 aromatic heterocycles. The molecular weight excluding hydrogens is 250 g/mol. The first-order chi connectivity index (χ1) is 9.78. The van der Waals surface area contributed by atoms with Crippen molar-refractivity contribution in [1.82, 2.24) is 5.32 Å². The quantitative estimate of drug-likeness (QED) is 0.865. The van der Waals surface area contributed by atoms with Crippen LogP contribution in [0, 0.1) is 5.92 Å². The summed E-state index contributed by atoms with van der Waals surface area (Å²) in [5.41, 5.74) is 1.31. The highest BCUT2D eigenvalue weighted by atomic mass is 16.5. The number of ether oxygens (including phenoxy) is 1. The van der Waals surface area contributed by atoms with Crippen LogP contribution in [0.4, 0.5) is 0 Å². The van der Waals surface area contributed by atoms with Gasteiger partial charge in [0.25, 0.3) is 5.91 Å². The van der Waals surface area contributed by atoms with Gasteiger partial charge in [0.05, 0.1) is 0 Å². The van der Waals surface area contributed by atoms with E-state index >= 15 is 0 Å². The van der Waals surface area contributed by atoms with Crippen molar-refractivity contribution in [2.45, 2.75) is 44.9 Å². The maximum Gasteiger partial charge on any atom is 0.257 e. The van der Waals surface area contributed by atoms with Crippen molar-refractivity contribution in [2.75, 3.05) is 13.7 Å². The molecule has 1 N–H and O–H groups in total. The second-order valence-corrected chi connectivity index (χ2v) is 5.65. The lowest BCUT2D eigenvalue weighted by Crippen LogP contribution is -2.24. The number of hydrogen-bond donors (Lipinski definition) is 1. The van der Waals surface area contributed by atoms with Gasteiger partial charge >= 0.3 is 0 Å². The SMILES string of the molecule is CNC(=O)COc1cccc(CCC2CCCCC2)c1. The number of aryl methyl sites for hydroxylation is 1. The fourth-order valence-electron chi connectivity index (χ4n) is 2.86. The molecule has 0 radical (unpaired) electrons. The molecule has 0 bridgehead atoms. The van der Waals surface area contributed by atoms with E-state index in [2.05, 4.69) is 17.4 Å². The molecule has 1 fully saturated rings. The first-order valence-electron chi connectivity index (χ1n) is 7.70. The van der Waals surface area contributed by atoms with Crippen molar-refractivity contribution >= 4 is 5.91 Å². The summed E-state index contributed by atoms with van der Waals surface area (Å²) in [7, 11) is 1.62. The van der Waals surface area contributed by atoms with E-state index in [1.165, 1.54) is 44.1 Å². The Kier molecular flexibility index (Phi) is 5.90. The van der Waals surface area contributed by atoms with Crippen LogP contribution >= 0.6 is 0 Å². The van der Waals surface area contributed by atoms with Crippen LogP contribution in [0.3, 0.4) is 0 Å². The zero-order valence-corrected chi connectivity index (χ0v) is 12.4. The number of nitrogens with one attached hydrogen (secondary N) is 1. The lowest BCUT2D eigenvalue weighted by Gasteiger charge is -2.21. The minimum absolute atomic E-state index is 0.0859. The molecule has 0 spiro atoms. The van der Waals surface area contributed by atoms with E-state index in [9.17, 15) is 4.79 Å². The molecule has 1 aromatic rings. The van der Waals surface area contributed by atoms with Crippen LogP contribution in [0.15, 0.2) is 24.3 Å². The topological polar surface area (TPSA) is 38.3 Å². The Bertz CT molecular complexity index is 425. The molecule has 0 unspecified atom stereocenters. The summed E-state index contributed by atoms with van der Waals surface area (Å²) >= 11 is 0. The summed E-state index contributed by atoms with van der Waals surface area (Å²) < 4.78 is 5.48. The number of carbonyl (C=O) groups excluding carboxylic acids is 1. The number of rotatable bonds is 6. The molecule has 0 atom stereocenters. The minimum atomic E-state index is -0.0994. The monoisotopic (exact) mass is 275 g/mol. The van der Waals surface area contributed by atoms with Gasteiger partial charge in [-0.05, 0) is 36.5 Å². The maximum absolute atomic E-state index is 11.2. The van der Waals surface area contributed by atoms with Crippen LogP contribution in [0.2, 0.25) is 0 Å². The van der Waals surface area contributed by atoms with Crippen molar-refractivity contribution in [2.24, 2.45) is 5.92 Å². The average Bonchev–Trinajstić information content (AvgIpc) is 2.52. The molecule has 0 heterocycles. The lowest BCUT2D eigenvalue weighted by atomic mass is 9.85. The molecule has 3 heteroatoms. The van der Waals surface area contributed by atoms with E-state index < -0.39 is 0 Å². The highest BCUT2D eigenvalue weighted by molar-refractivity contribution is 5.77. The summed E-state index contributed by atoms with van der Waals surface area (Å²) in [6.07, 6.45) is 9.40. The molecule has 1 aromatic carbocycles. The van der Waals surface area contributed by atoms with Crippen molar-refractivity contribution in [3.8, 4) is 5.75 Å². The molecule has 110 valence electrons. The zero-order chi connectivity index (χ0) is 14.2. The van der Waals surface area contributed by atoms with Crippen molar-refractivity contribution in [1.29, 1.82) is 0 Å². The van der Waals surface area contributed by atoms with Crippen molar-refractivity contribution < 1.29 is 9.53 Å². The van der Waals surface area contributed by atoms with Gasteiger partial charge in [0, 0.05) is 7.05 Å². The third-order valence-electron chi connectivity index (χ3n) is 4.11. The van der Waals surface area contributed by atoms with Crippen molar-refractivity contribution in [3.63, 3.8) is 0 Å². The predicted octanol–water partition coefficient (Wildman–Crippen LogP) is 3.32. The molecule has 1 aliphatic carbocycles. The van der Waals surface area contributed by atoms with Crippen molar-refractivity contribution in [3.05, 3.63) is 29.8 Å². The predicted molar refractivity (Wildman–Crippen MR) is 80.9 cm³/mol. The molecule has 1 saturated carbocycles. The molecule has 0 saturated heterocycles. The highest BCUT2D eigenvalue weighted by Crippen LogP contribution is 2.27. The number of amides is 1. The van der Waals surface area contributed by atoms with Crippen LogP contribution in [0.25, 0.3) is 0 Å². The summed E-state index contributed by atoms with van der Waals surface area (Å²) in [6.45, 7) is 0.0859. The lowest BCUT2D eigenvalue weighted by molar-refractivity contribution is -0.122. The molecule has 3 nitrogen and oxygen atoms in total. The summed E-state index contributed by atoms with van der Waals surface area (Å²) in [6, 6.07) is 8.13. The number of benzene rings is 1. The van der Waals surface area contributed by atoms with Crippen LogP contribution in [0.1, 0.15) is 44.1 Å². The third-order valence-corrected chi connectivity index (χ3v) is 4.11. The van der Waals surface area contributed by atoms with E-state index in [0.717, 1.165) is 18.1 Å². The van der Waals surface area contributed by atoms with E-state index in [1.54, 1.807) is 7.05 Å². The molecule has 1 aliphatic rings. The Labute approximate surface area is 121 Å². The van der Waals surface area contributed by atoms with E-state index in [0.29, 0.717) is 0 Å². The van der Waals surface area contributed by atoms with Crippen LogP contribution < -0.4 is 10.1 Å². The zero-order valence-electron chi connectivity index (χ0n) is 12.4. The molecule has 0 aliphatic heterocycles. The molecule has 1 amide bonds. The second kappa shape index (κ2) is 7.93. The Morgan fingerprint density at radius 3 is 2.85 bits per heavy atom. The Balaban J connectivity index is 1.80. The Morgan fingerprint density at radius 2 is 2.10 bits per heavy atom. The number of carbonyl (C=O) groups is 1. The smallest absolute Gasteiger partial charge is 0.257 e. The van der Waals surface area contributed by atoms with Gasteiger partial charge in [-0.3, -0.25) is 4.79 Å². The minimum Gasteiger partial charge on any atom is -0.484 e. The summed E-state index contributed by atoms with van der Waals surface area (Å²) in [5.74, 6) is 1.59. The van der Waals surface area contributed by atoms with Crippen LogP contribution in [-0.4, -0.2) is 19.6 Å². The normalized spacial score (nSPS) is 15.8. The number of likely N-dealkylation sites (N-methyl/N-ethyl adjacent to an activating group) is 1. The van der Waals surface area contributed by atoms with E-state index in [-0.39, 0.29) is 12.5 Å². The van der Waals surface area contributed by atoms with E-state index in [1.807, 2.05) is 12.1 Å². The Morgan fingerprint density at radius 1 is 1.30 bits per heavy atom. The first-order valence-corrected chi connectivity index (χ1v) is 7.70. The Hall–Kier alpha value is -1.51. The van der Waals surface area contributed by atoms with Crippen LogP contribution in [-0.2, 0) is 11.2 Å². The van der Waals surface area contributed by atoms with Gasteiger partial charge in [-0.25, -0.2) is 0 Å². The summed E-state index contributed by atoms with van der Waals surface area (Å²) in [5, 5.41) is 2.55. The van der Waals surface area contributed by atoms with Gasteiger partial charge in [0.1, 0.15) is 5.75 Å². The first kappa shape index (κ1) is 14.9. The van der Waals surface area contributed by atoms with Gasteiger partial charge in [0.15, 0.2) is 6.61 Å². The van der Waals surface area contributed by atoms with Gasteiger partial charge in [-0.15, -0.1) is 0 Å². The molecule has 2 rings (SSSR count). The van der Waals surface area contributed by atoms with Gasteiger partial charge < -0.3 is 10.1 Å². The largest absolute Gasteiger partial charge is 0.484 e. The van der Waals surface area contributed by atoms with Crippen LogP contribution in [0.5, 0.6) is 5.75 Å². The summed E-state index contributed by atoms with van der Waals surface area (Å²) in [4.78, 5) is 11.2. The third kappa shape index (κ3) is 4.87. The fourth-order valence-corrected chi connectivity index (χ4v) is 2.86. The van der Waals surface area contributed by atoms with Gasteiger partial charge in [0.2, 0.25) is 0 Å². The van der Waals surface area contributed by atoms with E-state index in [4.69, 9.17) is 4.74 Å². The standard InChI is InChI=1S/C17H25NO2/c1-18-17(19)13-20-16-9-5-8-15(12-16)11-10-14-6-3-2-4-7-14/h5,8-9,12,14H,2-4,6-7,10-11,13H2,1H3,(H,18,19). The maximum atomic E-state index is 11.2. The van der Waals surface area contributed by atoms with Gasteiger partial charge in [-0.2, -0.15) is 0 Å². The second-order valence-electron chi connectivity index (χ2n) is 5.65.